The third-order valence-corrected chi connectivity index (χ3v) is 7.89. The fourth-order valence-electron chi connectivity index (χ4n) is 4.72. The minimum absolute atomic E-state index is 0.0459. The Morgan fingerprint density at radius 2 is 1.55 bits per heavy atom. The summed E-state index contributed by atoms with van der Waals surface area (Å²) in [5, 5.41) is 2.96. The number of anilines is 1. The highest BCUT2D eigenvalue weighted by Crippen LogP contribution is 2.29. The van der Waals surface area contributed by atoms with Gasteiger partial charge >= 0.3 is 0 Å². The third-order valence-electron chi connectivity index (χ3n) is 6.76. The average molecular weight is 564 g/mol. The minimum atomic E-state index is -3.82. The number of carbonyl (C=O) groups excluding carboxylic acids is 2. The third kappa shape index (κ3) is 8.42. The molecule has 0 aromatic heterocycles. The van der Waals surface area contributed by atoms with Crippen LogP contribution in [0, 0.1) is 6.92 Å². The van der Waals surface area contributed by atoms with E-state index >= 15 is 0 Å². The number of benzene rings is 3. The molecule has 2 amide bonds. The van der Waals surface area contributed by atoms with Crippen LogP contribution in [0.15, 0.2) is 78.9 Å². The Balaban J connectivity index is 2.08. The van der Waals surface area contributed by atoms with Crippen LogP contribution in [-0.4, -0.2) is 50.5 Å². The van der Waals surface area contributed by atoms with Gasteiger partial charge in [-0.2, -0.15) is 0 Å². The zero-order valence-electron chi connectivity index (χ0n) is 24.1. The first-order valence-corrected chi connectivity index (χ1v) is 15.6. The molecule has 1 N–H and O–H groups in total. The quantitative estimate of drug-likeness (QED) is 0.315. The van der Waals surface area contributed by atoms with E-state index in [4.69, 9.17) is 0 Å². The molecule has 0 saturated heterocycles. The monoisotopic (exact) mass is 563 g/mol. The summed E-state index contributed by atoms with van der Waals surface area (Å²) < 4.78 is 27.3. The SMILES string of the molecule is CCCNC(=O)C(Cc1ccccc1)N(Cc1cccc(C)c1)C(=O)CN(c1ccccc1C(C)C)S(C)(=O)=O. The Morgan fingerprint density at radius 3 is 2.17 bits per heavy atom. The van der Waals surface area contributed by atoms with Gasteiger partial charge in [0.15, 0.2) is 0 Å². The van der Waals surface area contributed by atoms with Gasteiger partial charge in [-0.3, -0.25) is 13.9 Å². The van der Waals surface area contributed by atoms with E-state index in [0.717, 1.165) is 39.2 Å². The molecule has 0 aliphatic carbocycles. The van der Waals surface area contributed by atoms with Crippen LogP contribution in [-0.2, 0) is 32.6 Å². The Kier molecular flexibility index (Phi) is 10.9. The summed E-state index contributed by atoms with van der Waals surface area (Å²) in [6.07, 6.45) is 2.16. The van der Waals surface area contributed by atoms with Gasteiger partial charge in [0.25, 0.3) is 0 Å². The second-order valence-electron chi connectivity index (χ2n) is 10.5. The van der Waals surface area contributed by atoms with E-state index in [1.165, 1.54) is 4.90 Å². The fraction of sp³-hybridized carbons (Fsp3) is 0.375. The van der Waals surface area contributed by atoms with Gasteiger partial charge in [0, 0.05) is 19.5 Å². The van der Waals surface area contributed by atoms with Crippen LogP contribution in [0.5, 0.6) is 0 Å². The highest BCUT2D eigenvalue weighted by Gasteiger charge is 2.33. The normalized spacial score (nSPS) is 12.2. The molecule has 1 unspecified atom stereocenters. The molecule has 0 aliphatic rings. The Bertz CT molecular complexity index is 1390. The van der Waals surface area contributed by atoms with Crippen molar-refractivity contribution in [2.24, 2.45) is 0 Å². The maximum absolute atomic E-state index is 14.2. The summed E-state index contributed by atoms with van der Waals surface area (Å²) >= 11 is 0. The summed E-state index contributed by atoms with van der Waals surface area (Å²) in [4.78, 5) is 29.3. The van der Waals surface area contributed by atoms with E-state index in [9.17, 15) is 18.0 Å². The number of nitrogens with one attached hydrogen (secondary N) is 1. The molecular weight excluding hydrogens is 522 g/mol. The molecule has 3 rings (SSSR count). The Hall–Kier alpha value is -3.65. The molecule has 0 saturated carbocycles. The largest absolute Gasteiger partial charge is 0.354 e. The van der Waals surface area contributed by atoms with Gasteiger partial charge in [0.2, 0.25) is 21.8 Å². The molecule has 0 aliphatic heterocycles. The van der Waals surface area contributed by atoms with Crippen molar-refractivity contribution in [1.82, 2.24) is 10.2 Å². The topological polar surface area (TPSA) is 86.8 Å². The van der Waals surface area contributed by atoms with Crippen molar-refractivity contribution >= 4 is 27.5 Å². The molecule has 3 aromatic carbocycles. The lowest BCUT2D eigenvalue weighted by molar-refractivity contribution is -0.140. The summed E-state index contributed by atoms with van der Waals surface area (Å²) in [5.41, 5.74) is 4.10. The van der Waals surface area contributed by atoms with Crippen molar-refractivity contribution in [2.45, 2.75) is 59.0 Å². The van der Waals surface area contributed by atoms with Gasteiger partial charge < -0.3 is 10.2 Å². The molecule has 7 nitrogen and oxygen atoms in total. The lowest BCUT2D eigenvalue weighted by Gasteiger charge is -2.34. The summed E-state index contributed by atoms with van der Waals surface area (Å²) in [6.45, 7) is 8.14. The van der Waals surface area contributed by atoms with Crippen LogP contribution >= 0.6 is 0 Å². The van der Waals surface area contributed by atoms with Crippen molar-refractivity contribution in [3.63, 3.8) is 0 Å². The number of amides is 2. The van der Waals surface area contributed by atoms with E-state index < -0.39 is 28.5 Å². The number of carbonyl (C=O) groups is 2. The first-order chi connectivity index (χ1) is 19.0. The molecule has 8 heteroatoms. The highest BCUT2D eigenvalue weighted by atomic mass is 32.2. The molecule has 1 atom stereocenters. The number of hydrogen-bond donors (Lipinski definition) is 1. The van der Waals surface area contributed by atoms with Gasteiger partial charge in [-0.25, -0.2) is 8.42 Å². The van der Waals surface area contributed by atoms with Gasteiger partial charge in [0.1, 0.15) is 12.6 Å². The average Bonchev–Trinajstić information content (AvgIpc) is 2.92. The van der Waals surface area contributed by atoms with Crippen LogP contribution < -0.4 is 9.62 Å². The number of sulfonamides is 1. The number of rotatable bonds is 13. The maximum Gasteiger partial charge on any atom is 0.244 e. The van der Waals surface area contributed by atoms with Crippen molar-refractivity contribution in [2.75, 3.05) is 23.7 Å². The number of hydrogen-bond acceptors (Lipinski definition) is 4. The van der Waals surface area contributed by atoms with Gasteiger partial charge in [-0.15, -0.1) is 0 Å². The van der Waals surface area contributed by atoms with Crippen molar-refractivity contribution in [3.8, 4) is 0 Å². The van der Waals surface area contributed by atoms with Gasteiger partial charge in [-0.1, -0.05) is 99.1 Å². The Labute approximate surface area is 239 Å². The first kappa shape index (κ1) is 30.9. The number of para-hydroxylation sites is 1. The highest BCUT2D eigenvalue weighted by molar-refractivity contribution is 7.92. The second kappa shape index (κ2) is 14.1. The zero-order chi connectivity index (χ0) is 29.3. The number of nitrogens with zero attached hydrogens (tertiary/aromatic N) is 2. The van der Waals surface area contributed by atoms with Gasteiger partial charge in [-0.05, 0) is 42.0 Å². The van der Waals surface area contributed by atoms with Crippen LogP contribution in [0.25, 0.3) is 0 Å². The first-order valence-electron chi connectivity index (χ1n) is 13.7. The van der Waals surface area contributed by atoms with Crippen LogP contribution in [0.2, 0.25) is 0 Å². The van der Waals surface area contributed by atoms with Gasteiger partial charge in [0.05, 0.1) is 11.9 Å². The van der Waals surface area contributed by atoms with E-state index in [-0.39, 0.29) is 18.4 Å². The van der Waals surface area contributed by atoms with Crippen molar-refractivity contribution < 1.29 is 18.0 Å². The molecule has 0 radical (unpaired) electrons. The summed E-state index contributed by atoms with van der Waals surface area (Å²) in [5.74, 6) is -0.664. The standard InChI is InChI=1S/C32H41N3O4S/c1-6-19-33-32(37)30(21-26-14-8-7-9-15-26)34(22-27-16-12-13-25(4)20-27)31(36)23-35(40(5,38)39)29-18-11-10-17-28(29)24(2)3/h7-18,20,24,30H,6,19,21-23H2,1-5H3,(H,33,37). The van der Waals surface area contributed by atoms with E-state index in [1.807, 2.05) is 94.4 Å². The van der Waals surface area contributed by atoms with Crippen molar-refractivity contribution in [3.05, 3.63) is 101 Å². The molecule has 214 valence electrons. The summed E-state index contributed by atoms with van der Waals surface area (Å²) in [7, 11) is -3.82. The zero-order valence-corrected chi connectivity index (χ0v) is 24.9. The molecule has 40 heavy (non-hydrogen) atoms. The predicted octanol–water partition coefficient (Wildman–Crippen LogP) is 5.05. The number of aryl methyl sites for hydroxylation is 1. The molecule has 0 fully saturated rings. The van der Waals surface area contributed by atoms with Crippen LogP contribution in [0.4, 0.5) is 5.69 Å². The molecule has 0 spiro atoms. The van der Waals surface area contributed by atoms with Crippen LogP contribution in [0.1, 0.15) is 55.4 Å². The van der Waals surface area contributed by atoms with E-state index in [2.05, 4.69) is 5.32 Å². The van der Waals surface area contributed by atoms with Crippen molar-refractivity contribution in [1.29, 1.82) is 0 Å². The molecular formula is C32H41N3O4S. The van der Waals surface area contributed by atoms with E-state index in [0.29, 0.717) is 18.7 Å². The lowest BCUT2D eigenvalue weighted by atomic mass is 10.0. The maximum atomic E-state index is 14.2. The predicted molar refractivity (Wildman–Crippen MR) is 162 cm³/mol. The molecule has 3 aromatic rings. The molecule has 0 heterocycles. The van der Waals surface area contributed by atoms with Crippen LogP contribution in [0.3, 0.4) is 0 Å². The minimum Gasteiger partial charge on any atom is -0.354 e. The fourth-order valence-corrected chi connectivity index (χ4v) is 5.59. The smallest absolute Gasteiger partial charge is 0.244 e. The second-order valence-corrected chi connectivity index (χ2v) is 12.4. The summed E-state index contributed by atoms with van der Waals surface area (Å²) in [6, 6.07) is 23.7. The lowest BCUT2D eigenvalue weighted by Crippen LogP contribution is -2.53. The Morgan fingerprint density at radius 1 is 0.900 bits per heavy atom. The molecule has 0 bridgehead atoms. The van der Waals surface area contributed by atoms with E-state index in [1.54, 1.807) is 12.1 Å².